The SMILES string of the molecule is CCN(c1ccc(C(=O)Nc2ccc(C)cc2C)cc1)S(=O)(=O)c1ccc(SC)cc1. The Balaban J connectivity index is 1.81. The molecule has 0 bridgehead atoms. The van der Waals surface area contributed by atoms with E-state index in [9.17, 15) is 13.2 Å². The molecule has 3 aromatic carbocycles. The maximum Gasteiger partial charge on any atom is 0.264 e. The van der Waals surface area contributed by atoms with E-state index in [2.05, 4.69) is 5.32 Å². The molecule has 0 aliphatic carbocycles. The third kappa shape index (κ3) is 5.11. The molecule has 0 spiro atoms. The topological polar surface area (TPSA) is 66.5 Å². The molecule has 3 aromatic rings. The van der Waals surface area contributed by atoms with Crippen molar-refractivity contribution < 1.29 is 13.2 Å². The Kier molecular flexibility index (Phi) is 7.08. The number of aryl methyl sites for hydroxylation is 2. The van der Waals surface area contributed by atoms with Crippen molar-refractivity contribution in [3.05, 3.63) is 83.4 Å². The van der Waals surface area contributed by atoms with E-state index in [-0.39, 0.29) is 17.3 Å². The van der Waals surface area contributed by atoms with E-state index < -0.39 is 10.0 Å². The smallest absolute Gasteiger partial charge is 0.264 e. The molecule has 1 N–H and O–H groups in total. The highest BCUT2D eigenvalue weighted by Gasteiger charge is 2.23. The van der Waals surface area contributed by atoms with Crippen molar-refractivity contribution in [3.63, 3.8) is 0 Å². The lowest BCUT2D eigenvalue weighted by Gasteiger charge is -2.23. The van der Waals surface area contributed by atoms with E-state index in [1.54, 1.807) is 67.2 Å². The zero-order chi connectivity index (χ0) is 22.6. The van der Waals surface area contributed by atoms with Gasteiger partial charge in [0.25, 0.3) is 15.9 Å². The van der Waals surface area contributed by atoms with Crippen LogP contribution in [-0.2, 0) is 10.0 Å². The van der Waals surface area contributed by atoms with Crippen LogP contribution in [-0.4, -0.2) is 27.1 Å². The van der Waals surface area contributed by atoms with Gasteiger partial charge in [0, 0.05) is 22.7 Å². The first-order valence-electron chi connectivity index (χ1n) is 9.91. The maximum atomic E-state index is 13.1. The summed E-state index contributed by atoms with van der Waals surface area (Å²) in [6.07, 6.45) is 1.94. The van der Waals surface area contributed by atoms with Gasteiger partial charge in [-0.1, -0.05) is 17.7 Å². The summed E-state index contributed by atoms with van der Waals surface area (Å²) in [6.45, 7) is 6.01. The number of amides is 1. The van der Waals surface area contributed by atoms with Crippen LogP contribution in [0.2, 0.25) is 0 Å². The first-order chi connectivity index (χ1) is 14.8. The quantitative estimate of drug-likeness (QED) is 0.479. The van der Waals surface area contributed by atoms with E-state index in [1.807, 2.05) is 38.3 Å². The van der Waals surface area contributed by atoms with E-state index in [4.69, 9.17) is 0 Å². The minimum Gasteiger partial charge on any atom is -0.322 e. The number of hydrogen-bond acceptors (Lipinski definition) is 4. The van der Waals surface area contributed by atoms with Gasteiger partial charge in [-0.15, -0.1) is 11.8 Å². The summed E-state index contributed by atoms with van der Waals surface area (Å²) in [5.74, 6) is -0.239. The second-order valence-corrected chi connectivity index (χ2v) is 9.91. The normalized spacial score (nSPS) is 11.2. The number of carbonyl (C=O) groups excluding carboxylic acids is 1. The molecular formula is C24H26N2O3S2. The average molecular weight is 455 g/mol. The van der Waals surface area contributed by atoms with Gasteiger partial charge in [-0.05, 0) is 87.2 Å². The lowest BCUT2D eigenvalue weighted by Crippen LogP contribution is -2.30. The van der Waals surface area contributed by atoms with Gasteiger partial charge in [-0.2, -0.15) is 0 Å². The molecule has 0 aliphatic rings. The molecule has 0 saturated carbocycles. The first-order valence-corrected chi connectivity index (χ1v) is 12.6. The van der Waals surface area contributed by atoms with Gasteiger partial charge < -0.3 is 5.32 Å². The monoisotopic (exact) mass is 454 g/mol. The van der Waals surface area contributed by atoms with E-state index in [0.717, 1.165) is 21.7 Å². The molecule has 0 aromatic heterocycles. The zero-order valence-electron chi connectivity index (χ0n) is 18.0. The Labute approximate surface area is 188 Å². The van der Waals surface area contributed by atoms with Crippen LogP contribution in [0.3, 0.4) is 0 Å². The van der Waals surface area contributed by atoms with Crippen molar-refractivity contribution in [1.82, 2.24) is 0 Å². The van der Waals surface area contributed by atoms with Crippen LogP contribution in [0.5, 0.6) is 0 Å². The van der Waals surface area contributed by atoms with E-state index in [1.165, 1.54) is 4.31 Å². The number of anilines is 2. The Hall–Kier alpha value is -2.77. The number of sulfonamides is 1. The van der Waals surface area contributed by atoms with Gasteiger partial charge in [0.1, 0.15) is 0 Å². The van der Waals surface area contributed by atoms with Gasteiger partial charge in [0.05, 0.1) is 10.6 Å². The summed E-state index contributed by atoms with van der Waals surface area (Å²) in [5.41, 5.74) is 3.84. The maximum absolute atomic E-state index is 13.1. The number of benzene rings is 3. The molecule has 0 aliphatic heterocycles. The lowest BCUT2D eigenvalue weighted by molar-refractivity contribution is 0.102. The van der Waals surface area contributed by atoms with E-state index >= 15 is 0 Å². The molecule has 7 heteroatoms. The van der Waals surface area contributed by atoms with Crippen molar-refractivity contribution in [2.75, 3.05) is 22.4 Å². The Morgan fingerprint density at radius 1 is 0.968 bits per heavy atom. The summed E-state index contributed by atoms with van der Waals surface area (Å²) in [7, 11) is -3.70. The van der Waals surface area contributed by atoms with Gasteiger partial charge in [0.2, 0.25) is 0 Å². The number of nitrogens with zero attached hydrogens (tertiary/aromatic N) is 1. The molecule has 162 valence electrons. The van der Waals surface area contributed by atoms with E-state index in [0.29, 0.717) is 11.3 Å². The fourth-order valence-corrected chi connectivity index (χ4v) is 5.18. The van der Waals surface area contributed by atoms with Crippen LogP contribution in [0.1, 0.15) is 28.4 Å². The molecule has 0 atom stereocenters. The van der Waals surface area contributed by atoms with Crippen LogP contribution in [0, 0.1) is 13.8 Å². The third-order valence-corrected chi connectivity index (χ3v) is 7.64. The molecule has 0 radical (unpaired) electrons. The van der Waals surface area contributed by atoms with Crippen LogP contribution < -0.4 is 9.62 Å². The fraction of sp³-hybridized carbons (Fsp3) is 0.208. The van der Waals surface area contributed by atoms with Crippen molar-refractivity contribution in [2.24, 2.45) is 0 Å². The standard InChI is InChI=1S/C24H26N2O3S2/c1-5-26(31(28,29)22-13-11-21(30-4)12-14-22)20-9-7-19(8-10-20)24(27)25-23-15-6-17(2)16-18(23)3/h6-16H,5H2,1-4H3,(H,25,27). The molecule has 0 heterocycles. The lowest BCUT2D eigenvalue weighted by atomic mass is 10.1. The molecule has 0 fully saturated rings. The van der Waals surface area contributed by atoms with Gasteiger partial charge in [0.15, 0.2) is 0 Å². The van der Waals surface area contributed by atoms with Crippen molar-refractivity contribution in [3.8, 4) is 0 Å². The summed E-state index contributed by atoms with van der Waals surface area (Å²) in [5, 5.41) is 2.91. The third-order valence-electron chi connectivity index (χ3n) is 4.98. The molecule has 31 heavy (non-hydrogen) atoms. The fourth-order valence-electron chi connectivity index (χ4n) is 3.29. The van der Waals surface area contributed by atoms with Crippen LogP contribution >= 0.6 is 11.8 Å². The minimum absolute atomic E-state index is 0.239. The predicted molar refractivity (Wildman–Crippen MR) is 129 cm³/mol. The second kappa shape index (κ2) is 9.58. The first kappa shape index (κ1) is 22.9. The Morgan fingerprint density at radius 2 is 1.61 bits per heavy atom. The van der Waals surface area contributed by atoms with Crippen molar-refractivity contribution >= 4 is 39.1 Å². The number of thioether (sulfide) groups is 1. The average Bonchev–Trinajstić information content (AvgIpc) is 2.76. The van der Waals surface area contributed by atoms with Crippen molar-refractivity contribution in [2.45, 2.75) is 30.6 Å². The highest BCUT2D eigenvalue weighted by atomic mass is 32.2. The van der Waals surface area contributed by atoms with Crippen LogP contribution in [0.4, 0.5) is 11.4 Å². The Bertz CT molecular complexity index is 1170. The molecule has 0 saturated heterocycles. The number of hydrogen-bond donors (Lipinski definition) is 1. The molecular weight excluding hydrogens is 428 g/mol. The highest BCUT2D eigenvalue weighted by Crippen LogP contribution is 2.26. The number of nitrogens with one attached hydrogen (secondary N) is 1. The highest BCUT2D eigenvalue weighted by molar-refractivity contribution is 7.98. The molecule has 5 nitrogen and oxygen atoms in total. The van der Waals surface area contributed by atoms with Crippen LogP contribution in [0.25, 0.3) is 0 Å². The molecule has 3 rings (SSSR count). The van der Waals surface area contributed by atoms with Gasteiger partial charge >= 0.3 is 0 Å². The van der Waals surface area contributed by atoms with Crippen molar-refractivity contribution in [1.29, 1.82) is 0 Å². The molecule has 1 amide bonds. The largest absolute Gasteiger partial charge is 0.322 e. The second-order valence-electron chi connectivity index (χ2n) is 7.16. The molecule has 0 unspecified atom stereocenters. The summed E-state index contributed by atoms with van der Waals surface area (Å²) < 4.78 is 27.6. The van der Waals surface area contributed by atoms with Gasteiger partial charge in [-0.25, -0.2) is 8.42 Å². The number of carbonyl (C=O) groups is 1. The van der Waals surface area contributed by atoms with Crippen LogP contribution in [0.15, 0.2) is 76.5 Å². The predicted octanol–water partition coefficient (Wildman–Crippen LogP) is 5.49. The Morgan fingerprint density at radius 3 is 2.16 bits per heavy atom. The number of rotatable bonds is 7. The summed E-state index contributed by atoms with van der Waals surface area (Å²) in [4.78, 5) is 13.9. The minimum atomic E-state index is -3.70. The summed E-state index contributed by atoms with van der Waals surface area (Å²) in [6, 6.07) is 19.3. The van der Waals surface area contributed by atoms with Gasteiger partial charge in [-0.3, -0.25) is 9.10 Å². The zero-order valence-corrected chi connectivity index (χ0v) is 19.7. The summed E-state index contributed by atoms with van der Waals surface area (Å²) >= 11 is 1.56.